The fraction of sp³-hybridized carbons (Fsp3) is 0. The van der Waals surface area contributed by atoms with E-state index in [1.54, 1.807) is 0 Å². The average Bonchev–Trinajstić information content (AvgIpc) is 0.722. The van der Waals surface area contributed by atoms with Crippen molar-refractivity contribution in [2.24, 2.45) is 0 Å². The normalized spacial score (nSPS) is 7.38. The van der Waals surface area contributed by atoms with Crippen LogP contribution in [0.2, 0.25) is 0 Å². The summed E-state index contributed by atoms with van der Waals surface area (Å²) in [4.78, 5) is 21.6. The zero-order valence-corrected chi connectivity index (χ0v) is 12.4. The Hall–Kier alpha value is 3.08. The number of hydrogen-bond acceptors (Lipinski definition) is 1. The Morgan fingerprint density at radius 3 is 1.25 bits per heavy atom. The Bertz CT molecular complexity index is 69.4. The summed E-state index contributed by atoms with van der Waals surface area (Å²) in [7, 11) is -4.64. The quantitative estimate of drug-likeness (QED) is 0.362. The van der Waals surface area contributed by atoms with E-state index in [1.807, 2.05) is 0 Å². The first-order chi connectivity index (χ1) is 2.00. The summed E-state index contributed by atoms with van der Waals surface area (Å²) in [6.07, 6.45) is 0. The van der Waals surface area contributed by atoms with Gasteiger partial charge in [0.2, 0.25) is 0 Å². The number of rotatable bonds is 0. The molecule has 51 valence electrons. The van der Waals surface area contributed by atoms with Gasteiger partial charge in [0.25, 0.3) is 0 Å². The first kappa shape index (κ1) is 22.5. The fourth-order valence-electron chi connectivity index (χ4n) is 0. The molecule has 0 bridgehead atoms. The van der Waals surface area contributed by atoms with Crippen molar-refractivity contribution < 1.29 is 65.4 Å². The topological polar surface area (TPSA) is 77.8 Å². The van der Waals surface area contributed by atoms with Crippen LogP contribution in [0.3, 0.4) is 0 Å². The molecule has 0 aromatic rings. The molecule has 0 aliphatic carbocycles. The number of phosphoric acid groups is 1. The van der Waals surface area contributed by atoms with Crippen LogP contribution in [0.1, 0.15) is 2.85 Å². The molecule has 1 radical (unpaired) electrons. The molecule has 8 heteroatoms. The minimum atomic E-state index is -4.64. The predicted octanol–water partition coefficient (Wildman–Crippen LogP) is -1.09. The molecule has 3 N–H and O–H groups in total. The van der Waals surface area contributed by atoms with Crippen LogP contribution in [-0.2, 0) is 47.8 Å². The zero-order valence-electron chi connectivity index (χ0n) is 5.71. The second-order valence-electron chi connectivity index (χ2n) is 0.513. The molecule has 0 rings (SSSR count). The third-order valence-corrected chi connectivity index (χ3v) is 0. The van der Waals surface area contributed by atoms with E-state index in [1.165, 1.54) is 0 Å². The van der Waals surface area contributed by atoms with Gasteiger partial charge in [0.05, 0.1) is 0 Å². The summed E-state index contributed by atoms with van der Waals surface area (Å²) in [6, 6.07) is 0. The van der Waals surface area contributed by atoms with Gasteiger partial charge in [0.15, 0.2) is 0 Å². The largest absolute Gasteiger partial charge is 2.00 e. The second-order valence-corrected chi connectivity index (χ2v) is 1.54. The van der Waals surface area contributed by atoms with Gasteiger partial charge in [-0.2, -0.15) is 0 Å². The van der Waals surface area contributed by atoms with Crippen molar-refractivity contribution in [3.8, 4) is 0 Å². The van der Waals surface area contributed by atoms with Crippen LogP contribution in [0.4, 0.5) is 0 Å². The van der Waals surface area contributed by atoms with E-state index in [9.17, 15) is 0 Å². The van der Waals surface area contributed by atoms with Crippen LogP contribution in [0.5, 0.6) is 0 Å². The third-order valence-electron chi connectivity index (χ3n) is 0. The maximum Gasteiger partial charge on any atom is 2.00 e. The van der Waals surface area contributed by atoms with Gasteiger partial charge in [-0.3, -0.25) is 0 Å². The van der Waals surface area contributed by atoms with Crippen molar-refractivity contribution in [1.29, 1.82) is 0 Å². The van der Waals surface area contributed by atoms with Gasteiger partial charge in [-0.15, -0.1) is 0 Å². The van der Waals surface area contributed by atoms with E-state index in [4.69, 9.17) is 19.2 Å². The Morgan fingerprint density at radius 2 is 1.25 bits per heavy atom. The number of hydrogen-bond donors (Lipinski definition) is 3. The van der Waals surface area contributed by atoms with Gasteiger partial charge in [0, 0.05) is 43.3 Å². The van der Waals surface area contributed by atoms with Gasteiger partial charge in [-0.05, 0) is 0 Å². The molecule has 0 atom stereocenters. The molecule has 0 unspecified atom stereocenters. The third kappa shape index (κ3) is 62.4. The summed E-state index contributed by atoms with van der Waals surface area (Å²) >= 11 is 0. The molecule has 0 amide bonds. The van der Waals surface area contributed by atoms with E-state index in [0.717, 1.165) is 0 Å². The minimum Gasteiger partial charge on any atom is -1.00 e. The van der Waals surface area contributed by atoms with Crippen molar-refractivity contribution in [1.82, 2.24) is 0 Å². The van der Waals surface area contributed by atoms with Crippen molar-refractivity contribution in [3.05, 3.63) is 0 Å². The SMILES string of the molecule is O=P(O)(O)O.[Ba+2].[Cu].[H-].[H-].[Zr]. The fourth-order valence-corrected chi connectivity index (χ4v) is 0. The zero-order chi connectivity index (χ0) is 4.50. The smallest absolute Gasteiger partial charge is 1.00 e. The van der Waals surface area contributed by atoms with E-state index in [-0.39, 0.29) is 95.0 Å². The summed E-state index contributed by atoms with van der Waals surface area (Å²) in [5.41, 5.74) is 0. The monoisotopic (exact) mass is 391 g/mol. The van der Waals surface area contributed by atoms with E-state index in [0.29, 0.717) is 0 Å². The molecule has 0 saturated carbocycles. The predicted molar refractivity (Wildman–Crippen MR) is 22.2 cm³/mol. The van der Waals surface area contributed by atoms with Gasteiger partial charge in [-0.25, -0.2) is 4.57 Å². The van der Waals surface area contributed by atoms with E-state index < -0.39 is 7.82 Å². The van der Waals surface area contributed by atoms with Crippen LogP contribution < -0.4 is 0 Å². The van der Waals surface area contributed by atoms with Gasteiger partial charge >= 0.3 is 56.7 Å². The Balaban J connectivity index is -0.00000000800. The maximum absolute atomic E-state index is 8.88. The molecular formula is H5BaCuO4PZr. The van der Waals surface area contributed by atoms with Crippen molar-refractivity contribution in [3.63, 3.8) is 0 Å². The molecule has 0 aromatic carbocycles. The van der Waals surface area contributed by atoms with Crippen LogP contribution in [-0.4, -0.2) is 63.6 Å². The molecule has 0 heterocycles. The van der Waals surface area contributed by atoms with Gasteiger partial charge < -0.3 is 17.5 Å². The first-order valence-corrected chi connectivity index (χ1v) is 2.35. The molecule has 0 saturated heterocycles. The second kappa shape index (κ2) is 10.1. The Kier molecular flexibility index (Phi) is 28.3. The average molecular weight is 392 g/mol. The summed E-state index contributed by atoms with van der Waals surface area (Å²) in [6.45, 7) is 0. The van der Waals surface area contributed by atoms with E-state index in [2.05, 4.69) is 0 Å². The van der Waals surface area contributed by atoms with Gasteiger partial charge in [-0.1, -0.05) is 0 Å². The van der Waals surface area contributed by atoms with E-state index >= 15 is 0 Å². The van der Waals surface area contributed by atoms with Crippen LogP contribution in [0.25, 0.3) is 0 Å². The molecule has 0 aromatic heterocycles. The standard InChI is InChI=1S/Ba.Cu.H3O4P.Zr.2H/c;;1-5(2,3)4;;;/h;;(H3,1,2,3,4);;;/q+2;;;;2*-1. The van der Waals surface area contributed by atoms with Crippen LogP contribution >= 0.6 is 7.82 Å². The first-order valence-electron chi connectivity index (χ1n) is 0.783. The maximum atomic E-state index is 8.88. The summed E-state index contributed by atoms with van der Waals surface area (Å²) in [5.74, 6) is 0. The molecule has 8 heavy (non-hydrogen) atoms. The molecule has 0 fully saturated rings. The summed E-state index contributed by atoms with van der Waals surface area (Å²) < 4.78 is 8.88. The van der Waals surface area contributed by atoms with Crippen LogP contribution in [0, 0.1) is 0 Å². The van der Waals surface area contributed by atoms with Gasteiger partial charge in [0.1, 0.15) is 0 Å². The van der Waals surface area contributed by atoms with Crippen molar-refractivity contribution in [2.75, 3.05) is 0 Å². The molecule has 0 aliphatic rings. The van der Waals surface area contributed by atoms with Crippen molar-refractivity contribution in [2.45, 2.75) is 0 Å². The Morgan fingerprint density at radius 1 is 1.25 bits per heavy atom. The molecular weight excluding hydrogens is 387 g/mol. The van der Waals surface area contributed by atoms with Crippen molar-refractivity contribution >= 4 is 56.7 Å². The Labute approximate surface area is 120 Å². The molecule has 0 spiro atoms. The molecule has 4 nitrogen and oxygen atoms in total. The summed E-state index contributed by atoms with van der Waals surface area (Å²) in [5, 5.41) is 0. The molecule has 0 aliphatic heterocycles. The van der Waals surface area contributed by atoms with Crippen LogP contribution in [0.15, 0.2) is 0 Å². The minimum absolute atomic E-state index is 0.